The van der Waals surface area contributed by atoms with E-state index in [1.807, 2.05) is 24.4 Å². The number of carbonyl (C=O) groups excluding carboxylic acids is 2. The number of fused-ring (bicyclic) bond motifs is 6. The zero-order valence-corrected chi connectivity index (χ0v) is 14.9. The number of imide groups is 1. The van der Waals surface area contributed by atoms with E-state index in [-0.39, 0.29) is 35.5 Å². The van der Waals surface area contributed by atoms with Crippen molar-refractivity contribution in [3.05, 3.63) is 48.2 Å². The van der Waals surface area contributed by atoms with Crippen LogP contribution in [0.5, 0.6) is 0 Å². The average Bonchev–Trinajstić information content (AvgIpc) is 3.37. The molecule has 0 N–H and O–H groups in total. The van der Waals surface area contributed by atoms with Crippen molar-refractivity contribution >= 4 is 28.9 Å². The first kappa shape index (κ1) is 15.6. The van der Waals surface area contributed by atoms with E-state index in [2.05, 4.69) is 41.7 Å². The van der Waals surface area contributed by atoms with Crippen LogP contribution in [0.1, 0.15) is 31.9 Å². The highest BCUT2D eigenvalue weighted by molar-refractivity contribution is 6.07. The Morgan fingerprint density at radius 3 is 2.38 bits per heavy atom. The van der Waals surface area contributed by atoms with Crippen LogP contribution in [-0.4, -0.2) is 27.6 Å². The van der Waals surface area contributed by atoms with Gasteiger partial charge in [0.15, 0.2) is 0 Å². The molecule has 1 aromatic heterocycles. The molecule has 1 saturated carbocycles. The molecule has 2 aromatic rings. The van der Waals surface area contributed by atoms with Gasteiger partial charge in [0, 0.05) is 28.7 Å². The fourth-order valence-electron chi connectivity index (χ4n) is 4.88. The smallest absolute Gasteiger partial charge is 0.254 e. The maximum Gasteiger partial charge on any atom is 0.254 e. The molecular weight excluding hydrogens is 326 g/mol. The van der Waals surface area contributed by atoms with Crippen molar-refractivity contribution in [2.45, 2.75) is 26.3 Å². The largest absolute Gasteiger partial charge is 0.344 e. The highest BCUT2D eigenvalue weighted by Crippen LogP contribution is 2.52. The molecule has 2 bridgehead atoms. The summed E-state index contributed by atoms with van der Waals surface area (Å²) in [4.78, 5) is 25.5. The molecule has 5 heteroatoms. The Labute approximate surface area is 152 Å². The number of para-hydroxylation sites is 1. The molecule has 2 fully saturated rings. The van der Waals surface area contributed by atoms with Gasteiger partial charge >= 0.3 is 0 Å². The SMILES string of the molecule is CC(C)n1cc(C=NN2C(=O)C3C4C=CC(C4)C3C2=O)c2ccccc21. The van der Waals surface area contributed by atoms with E-state index in [1.165, 1.54) is 0 Å². The third-order valence-corrected chi connectivity index (χ3v) is 6.09. The maximum atomic E-state index is 12.7. The highest BCUT2D eigenvalue weighted by Gasteiger charge is 2.59. The van der Waals surface area contributed by atoms with Crippen LogP contribution >= 0.6 is 0 Å². The summed E-state index contributed by atoms with van der Waals surface area (Å²) in [5.74, 6) is -0.256. The molecule has 1 aromatic carbocycles. The van der Waals surface area contributed by atoms with Crippen LogP contribution in [0.2, 0.25) is 0 Å². The van der Waals surface area contributed by atoms with Gasteiger partial charge in [-0.1, -0.05) is 30.4 Å². The van der Waals surface area contributed by atoms with Gasteiger partial charge in [-0.2, -0.15) is 10.1 Å². The standard InChI is InChI=1S/C21H21N3O2/c1-12(2)23-11-15(16-5-3-4-6-17(16)23)10-22-24-20(25)18-13-7-8-14(9-13)19(18)21(24)26/h3-8,10-14,18-19H,9H2,1-2H3. The minimum atomic E-state index is -0.202. The molecule has 3 aliphatic rings. The van der Waals surface area contributed by atoms with Crippen molar-refractivity contribution in [2.75, 3.05) is 0 Å². The second-order valence-corrected chi connectivity index (χ2v) is 7.84. The Balaban J connectivity index is 1.49. The molecule has 5 rings (SSSR count). The van der Waals surface area contributed by atoms with Gasteiger partial charge < -0.3 is 4.57 Å². The number of amides is 2. The topological polar surface area (TPSA) is 54.7 Å². The number of rotatable bonds is 3. The van der Waals surface area contributed by atoms with E-state index in [4.69, 9.17) is 0 Å². The van der Waals surface area contributed by atoms with Crippen LogP contribution in [0, 0.1) is 23.7 Å². The second-order valence-electron chi connectivity index (χ2n) is 7.84. The Morgan fingerprint density at radius 2 is 1.73 bits per heavy atom. The number of allylic oxidation sites excluding steroid dienone is 2. The fraction of sp³-hybridized carbons (Fsp3) is 0.381. The number of carbonyl (C=O) groups is 2. The Hall–Kier alpha value is -2.69. The highest BCUT2D eigenvalue weighted by atomic mass is 16.2. The second kappa shape index (κ2) is 5.40. The summed E-state index contributed by atoms with van der Waals surface area (Å²) in [7, 11) is 0. The average molecular weight is 347 g/mol. The first-order valence-electron chi connectivity index (χ1n) is 9.26. The molecule has 1 aliphatic heterocycles. The first-order chi connectivity index (χ1) is 12.6. The monoisotopic (exact) mass is 347 g/mol. The quantitative estimate of drug-likeness (QED) is 0.486. The van der Waals surface area contributed by atoms with Gasteiger partial charge in [-0.3, -0.25) is 9.59 Å². The van der Waals surface area contributed by atoms with Gasteiger partial charge in [0.05, 0.1) is 18.1 Å². The number of nitrogens with zero attached hydrogens (tertiary/aromatic N) is 3. The van der Waals surface area contributed by atoms with Gasteiger partial charge in [0.1, 0.15) is 0 Å². The summed E-state index contributed by atoms with van der Waals surface area (Å²) in [5, 5.41) is 6.51. The van der Waals surface area contributed by atoms with E-state index >= 15 is 0 Å². The van der Waals surface area contributed by atoms with Crippen LogP contribution in [-0.2, 0) is 9.59 Å². The summed E-state index contributed by atoms with van der Waals surface area (Å²) in [6.07, 6.45) is 8.83. The summed E-state index contributed by atoms with van der Waals surface area (Å²) >= 11 is 0. The van der Waals surface area contributed by atoms with E-state index in [0.29, 0.717) is 6.04 Å². The summed E-state index contributed by atoms with van der Waals surface area (Å²) < 4.78 is 2.18. The minimum Gasteiger partial charge on any atom is -0.344 e. The molecular formula is C21H21N3O2. The molecule has 1 saturated heterocycles. The summed E-state index contributed by atoms with van der Waals surface area (Å²) in [6, 6.07) is 8.44. The number of aromatic nitrogens is 1. The van der Waals surface area contributed by atoms with E-state index in [1.54, 1.807) is 6.21 Å². The van der Waals surface area contributed by atoms with Gasteiger partial charge in [-0.05, 0) is 38.2 Å². The maximum absolute atomic E-state index is 12.7. The predicted octanol–water partition coefficient (Wildman–Crippen LogP) is 3.36. The lowest BCUT2D eigenvalue weighted by Crippen LogP contribution is -2.28. The Bertz CT molecular complexity index is 954. The van der Waals surface area contributed by atoms with E-state index in [0.717, 1.165) is 27.9 Å². The van der Waals surface area contributed by atoms with Crippen molar-refractivity contribution in [1.29, 1.82) is 0 Å². The molecule has 0 spiro atoms. The van der Waals surface area contributed by atoms with Crippen molar-refractivity contribution in [3.8, 4) is 0 Å². The number of hydrogen-bond acceptors (Lipinski definition) is 3. The van der Waals surface area contributed by atoms with Crippen LogP contribution in [0.15, 0.2) is 47.7 Å². The molecule has 26 heavy (non-hydrogen) atoms. The van der Waals surface area contributed by atoms with Crippen LogP contribution < -0.4 is 0 Å². The van der Waals surface area contributed by atoms with Crippen molar-refractivity contribution in [1.82, 2.24) is 9.58 Å². The van der Waals surface area contributed by atoms with Crippen LogP contribution in [0.4, 0.5) is 0 Å². The summed E-state index contributed by atoms with van der Waals surface area (Å²) in [5.41, 5.74) is 2.05. The Kier molecular flexibility index (Phi) is 3.23. The summed E-state index contributed by atoms with van der Waals surface area (Å²) in [6.45, 7) is 4.26. The van der Waals surface area contributed by atoms with Crippen LogP contribution in [0.3, 0.4) is 0 Å². The molecule has 2 aliphatic carbocycles. The number of benzene rings is 1. The fourth-order valence-corrected chi connectivity index (χ4v) is 4.88. The van der Waals surface area contributed by atoms with Gasteiger partial charge in [0.2, 0.25) is 0 Å². The molecule has 4 atom stereocenters. The van der Waals surface area contributed by atoms with E-state index in [9.17, 15) is 9.59 Å². The van der Waals surface area contributed by atoms with Crippen LogP contribution in [0.25, 0.3) is 10.9 Å². The lowest BCUT2D eigenvalue weighted by Gasteiger charge is -2.13. The lowest BCUT2D eigenvalue weighted by atomic mass is 9.85. The third kappa shape index (κ3) is 2.00. The molecule has 5 nitrogen and oxygen atoms in total. The van der Waals surface area contributed by atoms with Gasteiger partial charge in [-0.15, -0.1) is 0 Å². The van der Waals surface area contributed by atoms with Gasteiger partial charge in [0.25, 0.3) is 11.8 Å². The minimum absolute atomic E-state index is 0.138. The molecule has 2 heterocycles. The van der Waals surface area contributed by atoms with Gasteiger partial charge in [-0.25, -0.2) is 0 Å². The van der Waals surface area contributed by atoms with Crippen molar-refractivity contribution in [2.24, 2.45) is 28.8 Å². The molecule has 2 amide bonds. The van der Waals surface area contributed by atoms with Crippen molar-refractivity contribution in [3.63, 3.8) is 0 Å². The predicted molar refractivity (Wildman–Crippen MR) is 99.5 cm³/mol. The first-order valence-corrected chi connectivity index (χ1v) is 9.26. The molecule has 132 valence electrons. The third-order valence-electron chi connectivity index (χ3n) is 6.09. The van der Waals surface area contributed by atoms with Crippen molar-refractivity contribution < 1.29 is 9.59 Å². The number of hydrazone groups is 1. The normalized spacial score (nSPS) is 29.9. The molecule has 4 unspecified atom stereocenters. The number of hydrogen-bond donors (Lipinski definition) is 0. The zero-order valence-electron chi connectivity index (χ0n) is 14.9. The lowest BCUT2D eigenvalue weighted by molar-refractivity contribution is -0.140. The Morgan fingerprint density at radius 1 is 1.08 bits per heavy atom. The molecule has 0 radical (unpaired) electrons. The van der Waals surface area contributed by atoms with E-state index < -0.39 is 0 Å². The zero-order chi connectivity index (χ0) is 18.0.